The number of benzene rings is 3. The lowest BCUT2D eigenvalue weighted by atomic mass is 9.98. The van der Waals surface area contributed by atoms with Crippen molar-refractivity contribution in [2.24, 2.45) is 0 Å². The number of fused-ring (bicyclic) bond motifs is 2. The first-order chi connectivity index (χ1) is 15.8. The standard InChI is InChI=1S/C25H17ClN2O5/c1-14-2-4-15(5-3-14)13-27-22(16-6-9-18(10-7-16)28(31)32)21-23(29)19-12-17(26)8-11-20(19)33-24(21)25(27)30/h2-12,22H,13H2,1H3/t22-/m0/s1. The number of carbonyl (C=O) groups is 1. The molecule has 2 heterocycles. The number of hydrogen-bond acceptors (Lipinski definition) is 5. The minimum Gasteiger partial charge on any atom is -0.450 e. The zero-order chi connectivity index (χ0) is 23.3. The van der Waals surface area contributed by atoms with Crippen LogP contribution in [0.4, 0.5) is 5.69 Å². The number of hydrogen-bond donors (Lipinski definition) is 0. The van der Waals surface area contributed by atoms with Gasteiger partial charge in [-0.3, -0.25) is 19.7 Å². The number of rotatable bonds is 4. The quantitative estimate of drug-likeness (QED) is 0.300. The molecule has 0 aliphatic carbocycles. The highest BCUT2D eigenvalue weighted by Crippen LogP contribution is 2.39. The van der Waals surface area contributed by atoms with E-state index in [1.54, 1.807) is 29.2 Å². The van der Waals surface area contributed by atoms with Gasteiger partial charge in [-0.1, -0.05) is 41.4 Å². The van der Waals surface area contributed by atoms with Gasteiger partial charge in [-0.15, -0.1) is 0 Å². The summed E-state index contributed by atoms with van der Waals surface area (Å²) >= 11 is 6.10. The molecule has 1 amide bonds. The van der Waals surface area contributed by atoms with Gasteiger partial charge in [0, 0.05) is 23.7 Å². The van der Waals surface area contributed by atoms with E-state index < -0.39 is 16.9 Å². The molecule has 0 unspecified atom stereocenters. The Morgan fingerprint density at radius 2 is 1.73 bits per heavy atom. The average molecular weight is 461 g/mol. The Kier molecular flexibility index (Phi) is 4.98. The number of non-ortho nitro benzene ring substituents is 1. The Morgan fingerprint density at radius 3 is 2.39 bits per heavy atom. The van der Waals surface area contributed by atoms with Crippen molar-refractivity contribution in [2.45, 2.75) is 19.5 Å². The molecule has 5 rings (SSSR count). The normalized spacial score (nSPS) is 15.2. The monoisotopic (exact) mass is 460 g/mol. The number of carbonyl (C=O) groups excluding carboxylic acids is 1. The zero-order valence-electron chi connectivity index (χ0n) is 17.4. The second kappa shape index (κ2) is 7.86. The SMILES string of the molecule is Cc1ccc(CN2C(=O)c3oc4ccc(Cl)cc4c(=O)c3[C@@H]2c2ccc([N+](=O)[O-])cc2)cc1. The van der Waals surface area contributed by atoms with Gasteiger partial charge in [-0.25, -0.2) is 0 Å². The molecule has 1 aliphatic rings. The van der Waals surface area contributed by atoms with Gasteiger partial charge in [0.25, 0.3) is 11.6 Å². The molecule has 1 atom stereocenters. The fourth-order valence-electron chi connectivity index (χ4n) is 4.17. The van der Waals surface area contributed by atoms with Crippen molar-refractivity contribution in [1.29, 1.82) is 0 Å². The van der Waals surface area contributed by atoms with E-state index in [0.717, 1.165) is 11.1 Å². The Labute approximate surface area is 193 Å². The third kappa shape index (κ3) is 3.56. The molecule has 1 aromatic heterocycles. The first-order valence-corrected chi connectivity index (χ1v) is 10.6. The second-order valence-electron chi connectivity index (χ2n) is 7.98. The minimum absolute atomic E-state index is 0.0229. The Morgan fingerprint density at radius 1 is 1.03 bits per heavy atom. The molecule has 0 bridgehead atoms. The van der Waals surface area contributed by atoms with Crippen molar-refractivity contribution >= 4 is 34.2 Å². The minimum atomic E-state index is -0.755. The number of nitro benzene ring substituents is 1. The van der Waals surface area contributed by atoms with Crippen LogP contribution >= 0.6 is 11.6 Å². The number of nitrogens with zero attached hydrogens (tertiary/aromatic N) is 2. The molecule has 7 nitrogen and oxygen atoms in total. The summed E-state index contributed by atoms with van der Waals surface area (Å²) in [5.74, 6) is -0.437. The van der Waals surface area contributed by atoms with E-state index >= 15 is 0 Å². The summed E-state index contributed by atoms with van der Waals surface area (Å²) in [6, 6.07) is 17.5. The largest absolute Gasteiger partial charge is 0.450 e. The van der Waals surface area contributed by atoms with Crippen LogP contribution in [0, 0.1) is 17.0 Å². The molecule has 8 heteroatoms. The van der Waals surface area contributed by atoms with E-state index in [-0.39, 0.29) is 40.0 Å². The van der Waals surface area contributed by atoms with Gasteiger partial charge in [0.2, 0.25) is 5.76 Å². The Bertz CT molecular complexity index is 1480. The lowest BCUT2D eigenvalue weighted by molar-refractivity contribution is -0.384. The molecule has 4 aromatic rings. The van der Waals surface area contributed by atoms with Gasteiger partial charge in [-0.05, 0) is 48.4 Å². The van der Waals surface area contributed by atoms with Crippen LogP contribution < -0.4 is 5.43 Å². The van der Waals surface area contributed by atoms with E-state index in [4.69, 9.17) is 16.0 Å². The van der Waals surface area contributed by atoms with Crippen LogP contribution in [0.15, 0.2) is 75.9 Å². The second-order valence-corrected chi connectivity index (χ2v) is 8.42. The Balaban J connectivity index is 1.70. The number of amides is 1. The third-order valence-corrected chi connectivity index (χ3v) is 6.06. The number of halogens is 1. The van der Waals surface area contributed by atoms with Crippen molar-refractivity contribution in [3.8, 4) is 0 Å². The van der Waals surface area contributed by atoms with E-state index in [2.05, 4.69) is 0 Å². The van der Waals surface area contributed by atoms with Gasteiger partial charge >= 0.3 is 0 Å². The molecule has 0 N–H and O–H groups in total. The smallest absolute Gasteiger partial charge is 0.291 e. The third-order valence-electron chi connectivity index (χ3n) is 5.82. The molecule has 0 fully saturated rings. The van der Waals surface area contributed by atoms with Crippen LogP contribution in [0.3, 0.4) is 0 Å². The van der Waals surface area contributed by atoms with Gasteiger partial charge in [0.05, 0.1) is 21.9 Å². The summed E-state index contributed by atoms with van der Waals surface area (Å²) in [6.45, 7) is 2.21. The molecule has 1 aliphatic heterocycles. The number of aryl methyl sites for hydroxylation is 1. The van der Waals surface area contributed by atoms with Crippen LogP contribution in [0.25, 0.3) is 11.0 Å². The highest BCUT2D eigenvalue weighted by molar-refractivity contribution is 6.31. The first-order valence-electron chi connectivity index (χ1n) is 10.2. The molecular weight excluding hydrogens is 444 g/mol. The molecule has 3 aromatic carbocycles. The molecular formula is C25H17ClN2O5. The lowest BCUT2D eigenvalue weighted by Gasteiger charge is -2.25. The van der Waals surface area contributed by atoms with E-state index in [1.165, 1.54) is 18.2 Å². The lowest BCUT2D eigenvalue weighted by Crippen LogP contribution is -2.29. The highest BCUT2D eigenvalue weighted by Gasteiger charge is 2.42. The van der Waals surface area contributed by atoms with E-state index in [9.17, 15) is 19.7 Å². The van der Waals surface area contributed by atoms with Crippen molar-refractivity contribution < 1.29 is 14.1 Å². The van der Waals surface area contributed by atoms with Crippen molar-refractivity contribution in [3.05, 3.63) is 120 Å². The fraction of sp³-hybridized carbons (Fsp3) is 0.120. The van der Waals surface area contributed by atoms with E-state index in [0.29, 0.717) is 10.6 Å². The molecule has 164 valence electrons. The molecule has 33 heavy (non-hydrogen) atoms. The van der Waals surface area contributed by atoms with Crippen molar-refractivity contribution in [3.63, 3.8) is 0 Å². The van der Waals surface area contributed by atoms with Gasteiger partial charge in [-0.2, -0.15) is 0 Å². The summed E-state index contributed by atoms with van der Waals surface area (Å²) in [4.78, 5) is 39.1. The summed E-state index contributed by atoms with van der Waals surface area (Å²) < 4.78 is 5.90. The topological polar surface area (TPSA) is 93.7 Å². The number of nitro groups is 1. The van der Waals surface area contributed by atoms with Crippen LogP contribution in [-0.4, -0.2) is 15.7 Å². The zero-order valence-corrected chi connectivity index (χ0v) is 18.2. The van der Waals surface area contributed by atoms with E-state index in [1.807, 2.05) is 31.2 Å². The van der Waals surface area contributed by atoms with Crippen molar-refractivity contribution in [2.75, 3.05) is 0 Å². The summed E-state index contributed by atoms with van der Waals surface area (Å²) in [5, 5.41) is 11.8. The van der Waals surface area contributed by atoms with Crippen LogP contribution in [0.1, 0.15) is 38.9 Å². The van der Waals surface area contributed by atoms with Gasteiger partial charge < -0.3 is 9.32 Å². The van der Waals surface area contributed by atoms with Crippen molar-refractivity contribution in [1.82, 2.24) is 4.90 Å². The predicted octanol–water partition coefficient (Wildman–Crippen LogP) is 5.41. The summed E-state index contributed by atoms with van der Waals surface area (Å²) in [6.07, 6.45) is 0. The maximum atomic E-state index is 13.5. The molecule has 0 saturated heterocycles. The maximum absolute atomic E-state index is 13.5. The fourth-order valence-corrected chi connectivity index (χ4v) is 4.34. The molecule has 0 saturated carbocycles. The van der Waals surface area contributed by atoms with Gasteiger partial charge in [0.15, 0.2) is 5.43 Å². The average Bonchev–Trinajstić information content (AvgIpc) is 3.08. The predicted molar refractivity (Wildman–Crippen MR) is 123 cm³/mol. The van der Waals surface area contributed by atoms with Crippen LogP contribution in [0.2, 0.25) is 5.02 Å². The first kappa shape index (κ1) is 20.9. The summed E-state index contributed by atoms with van der Waals surface area (Å²) in [5.41, 5.74) is 2.60. The maximum Gasteiger partial charge on any atom is 0.291 e. The molecule has 0 spiro atoms. The van der Waals surface area contributed by atoms with Crippen LogP contribution in [-0.2, 0) is 6.54 Å². The van der Waals surface area contributed by atoms with Crippen LogP contribution in [0.5, 0.6) is 0 Å². The Hall–Kier alpha value is -3.97. The molecule has 0 radical (unpaired) electrons. The highest BCUT2D eigenvalue weighted by atomic mass is 35.5. The summed E-state index contributed by atoms with van der Waals surface area (Å²) in [7, 11) is 0. The van der Waals surface area contributed by atoms with Gasteiger partial charge in [0.1, 0.15) is 5.58 Å².